The summed E-state index contributed by atoms with van der Waals surface area (Å²) in [5.74, 6) is 0.0635. The molecule has 1 aromatic heterocycles. The molecule has 0 bridgehead atoms. The highest BCUT2D eigenvalue weighted by Crippen LogP contribution is 2.29. The van der Waals surface area contributed by atoms with Gasteiger partial charge in [0.05, 0.1) is 17.3 Å². The molecular formula is C13H11BrN2O3. The molecule has 19 heavy (non-hydrogen) atoms. The van der Waals surface area contributed by atoms with E-state index in [1.807, 2.05) is 18.2 Å². The molecule has 1 N–H and O–H groups in total. The number of rotatable bonds is 4. The number of hydrogen-bond donors (Lipinski definition) is 1. The summed E-state index contributed by atoms with van der Waals surface area (Å²) in [5, 5.41) is 8.74. The van der Waals surface area contributed by atoms with Crippen LogP contribution >= 0.6 is 15.9 Å². The predicted octanol–water partition coefficient (Wildman–Crippen LogP) is 2.54. The molecule has 0 aliphatic carbocycles. The van der Waals surface area contributed by atoms with Gasteiger partial charge in [-0.25, -0.2) is 9.97 Å². The summed E-state index contributed by atoms with van der Waals surface area (Å²) in [4.78, 5) is 18.8. The molecule has 1 heterocycles. The van der Waals surface area contributed by atoms with Crippen LogP contribution in [0, 0.1) is 0 Å². The van der Waals surface area contributed by atoms with Crippen LogP contribution in [0.4, 0.5) is 0 Å². The van der Waals surface area contributed by atoms with Gasteiger partial charge in [-0.05, 0) is 40.2 Å². The Morgan fingerprint density at radius 2 is 2.21 bits per heavy atom. The predicted molar refractivity (Wildman–Crippen MR) is 73.1 cm³/mol. The van der Waals surface area contributed by atoms with Crippen LogP contribution in [0.15, 0.2) is 34.9 Å². The van der Waals surface area contributed by atoms with Crippen LogP contribution in [0.25, 0.3) is 11.3 Å². The summed E-state index contributed by atoms with van der Waals surface area (Å²) >= 11 is 3.40. The molecule has 0 aliphatic rings. The summed E-state index contributed by atoms with van der Waals surface area (Å²) in [7, 11) is 1.59. The zero-order chi connectivity index (χ0) is 13.8. The van der Waals surface area contributed by atoms with Crippen molar-refractivity contribution in [2.45, 2.75) is 6.42 Å². The average molecular weight is 323 g/mol. The molecule has 0 radical (unpaired) electrons. The molecule has 0 spiro atoms. The van der Waals surface area contributed by atoms with E-state index in [-0.39, 0.29) is 12.2 Å². The number of benzene rings is 1. The molecule has 0 atom stereocenters. The second-order valence-corrected chi connectivity index (χ2v) is 4.63. The largest absolute Gasteiger partial charge is 0.496 e. The van der Waals surface area contributed by atoms with Gasteiger partial charge in [-0.3, -0.25) is 4.79 Å². The number of aliphatic carboxylic acids is 1. The number of methoxy groups -OCH3 is 1. The standard InChI is InChI=1S/C13H11BrN2O3/c1-19-11-3-2-8(6-9(11)14)10-4-5-15-12(16-10)7-13(17)18/h2-6H,7H2,1H3,(H,17,18). The Labute approximate surface area is 118 Å². The van der Waals surface area contributed by atoms with Crippen molar-refractivity contribution in [1.82, 2.24) is 9.97 Å². The molecule has 98 valence electrons. The summed E-state index contributed by atoms with van der Waals surface area (Å²) in [6, 6.07) is 7.28. The third-order valence-corrected chi connectivity index (χ3v) is 3.08. The van der Waals surface area contributed by atoms with Crippen molar-refractivity contribution in [1.29, 1.82) is 0 Å². The molecule has 0 aliphatic heterocycles. The second kappa shape index (κ2) is 5.79. The van der Waals surface area contributed by atoms with E-state index in [9.17, 15) is 4.79 Å². The number of carbonyl (C=O) groups is 1. The van der Waals surface area contributed by atoms with Crippen LogP contribution in [-0.4, -0.2) is 28.2 Å². The van der Waals surface area contributed by atoms with Crippen LogP contribution in [0.5, 0.6) is 5.75 Å². The van der Waals surface area contributed by atoms with Gasteiger partial charge < -0.3 is 9.84 Å². The molecule has 2 aromatic rings. The topological polar surface area (TPSA) is 72.3 Å². The zero-order valence-corrected chi connectivity index (χ0v) is 11.7. The van der Waals surface area contributed by atoms with Crippen LogP contribution in [0.1, 0.15) is 5.82 Å². The van der Waals surface area contributed by atoms with E-state index in [0.29, 0.717) is 5.69 Å². The molecule has 0 amide bonds. The van der Waals surface area contributed by atoms with Gasteiger partial charge in [-0.15, -0.1) is 0 Å². The Balaban J connectivity index is 2.36. The maximum Gasteiger partial charge on any atom is 0.311 e. The fraction of sp³-hybridized carbons (Fsp3) is 0.154. The summed E-state index contributed by atoms with van der Waals surface area (Å²) < 4.78 is 5.97. The Bertz CT molecular complexity index is 617. The summed E-state index contributed by atoms with van der Waals surface area (Å²) in [6.07, 6.45) is 1.36. The van der Waals surface area contributed by atoms with E-state index in [1.54, 1.807) is 19.4 Å². The van der Waals surface area contributed by atoms with E-state index in [2.05, 4.69) is 25.9 Å². The Kier molecular flexibility index (Phi) is 4.11. The maximum atomic E-state index is 10.7. The molecule has 2 rings (SSSR count). The van der Waals surface area contributed by atoms with Gasteiger partial charge in [-0.1, -0.05) is 0 Å². The summed E-state index contributed by atoms with van der Waals surface area (Å²) in [5.41, 5.74) is 1.54. The normalized spacial score (nSPS) is 10.2. The molecule has 0 fully saturated rings. The molecule has 0 saturated heterocycles. The van der Waals surface area contributed by atoms with Gasteiger partial charge >= 0.3 is 5.97 Å². The number of carboxylic acid groups (broad SMARTS) is 1. The highest BCUT2D eigenvalue weighted by atomic mass is 79.9. The highest BCUT2D eigenvalue weighted by molar-refractivity contribution is 9.10. The van der Waals surface area contributed by atoms with Gasteiger partial charge in [0, 0.05) is 11.8 Å². The third kappa shape index (κ3) is 3.29. The van der Waals surface area contributed by atoms with Crippen molar-refractivity contribution in [3.63, 3.8) is 0 Å². The fourth-order valence-electron chi connectivity index (χ4n) is 1.61. The van der Waals surface area contributed by atoms with Gasteiger partial charge in [-0.2, -0.15) is 0 Å². The first-order valence-corrected chi connectivity index (χ1v) is 6.27. The monoisotopic (exact) mass is 322 g/mol. The van der Waals surface area contributed by atoms with Gasteiger partial charge in [0.2, 0.25) is 0 Å². The van der Waals surface area contributed by atoms with Gasteiger partial charge in [0.15, 0.2) is 0 Å². The summed E-state index contributed by atoms with van der Waals surface area (Å²) in [6.45, 7) is 0. The number of aromatic nitrogens is 2. The van der Waals surface area contributed by atoms with E-state index in [4.69, 9.17) is 9.84 Å². The first-order chi connectivity index (χ1) is 9.10. The minimum atomic E-state index is -0.951. The second-order valence-electron chi connectivity index (χ2n) is 3.78. The molecule has 6 heteroatoms. The maximum absolute atomic E-state index is 10.7. The molecular weight excluding hydrogens is 312 g/mol. The van der Waals surface area contributed by atoms with Gasteiger partial charge in [0.25, 0.3) is 0 Å². The van der Waals surface area contributed by atoms with Crippen LogP contribution < -0.4 is 4.74 Å². The lowest BCUT2D eigenvalue weighted by molar-refractivity contribution is -0.136. The van der Waals surface area contributed by atoms with Gasteiger partial charge in [0.1, 0.15) is 18.0 Å². The van der Waals surface area contributed by atoms with E-state index >= 15 is 0 Å². The van der Waals surface area contributed by atoms with E-state index < -0.39 is 5.97 Å². The average Bonchev–Trinajstić information content (AvgIpc) is 2.38. The smallest absolute Gasteiger partial charge is 0.311 e. The number of halogens is 1. The molecule has 1 aromatic carbocycles. The van der Waals surface area contributed by atoms with Crippen molar-refractivity contribution in [2.24, 2.45) is 0 Å². The van der Waals surface area contributed by atoms with Crippen molar-refractivity contribution in [2.75, 3.05) is 7.11 Å². The lowest BCUT2D eigenvalue weighted by Crippen LogP contribution is -2.05. The third-order valence-electron chi connectivity index (χ3n) is 2.46. The Morgan fingerprint density at radius 1 is 1.42 bits per heavy atom. The quantitative estimate of drug-likeness (QED) is 0.936. The van der Waals surface area contributed by atoms with Crippen molar-refractivity contribution >= 4 is 21.9 Å². The lowest BCUT2D eigenvalue weighted by Gasteiger charge is -2.06. The number of carboxylic acids is 1. The van der Waals surface area contributed by atoms with Crippen LogP contribution in [-0.2, 0) is 11.2 Å². The number of hydrogen-bond acceptors (Lipinski definition) is 4. The number of ether oxygens (including phenoxy) is 1. The molecule has 0 unspecified atom stereocenters. The van der Waals surface area contributed by atoms with Crippen LogP contribution in [0.2, 0.25) is 0 Å². The van der Waals surface area contributed by atoms with Crippen molar-refractivity contribution < 1.29 is 14.6 Å². The lowest BCUT2D eigenvalue weighted by atomic mass is 10.1. The number of nitrogens with zero attached hydrogens (tertiary/aromatic N) is 2. The molecule has 5 nitrogen and oxygen atoms in total. The van der Waals surface area contributed by atoms with Crippen molar-refractivity contribution in [3.05, 3.63) is 40.8 Å². The minimum absolute atomic E-state index is 0.189. The minimum Gasteiger partial charge on any atom is -0.496 e. The molecule has 0 saturated carbocycles. The Morgan fingerprint density at radius 3 is 2.84 bits per heavy atom. The van der Waals surface area contributed by atoms with E-state index in [1.165, 1.54) is 0 Å². The first kappa shape index (κ1) is 13.5. The highest BCUT2D eigenvalue weighted by Gasteiger charge is 2.08. The van der Waals surface area contributed by atoms with Crippen LogP contribution in [0.3, 0.4) is 0 Å². The first-order valence-electron chi connectivity index (χ1n) is 5.48. The van der Waals surface area contributed by atoms with Crippen molar-refractivity contribution in [3.8, 4) is 17.0 Å². The van der Waals surface area contributed by atoms with E-state index in [0.717, 1.165) is 15.8 Å². The SMILES string of the molecule is COc1ccc(-c2ccnc(CC(=O)O)n2)cc1Br. The Hall–Kier alpha value is -1.95. The zero-order valence-electron chi connectivity index (χ0n) is 10.1. The fourth-order valence-corrected chi connectivity index (χ4v) is 2.15.